The van der Waals surface area contributed by atoms with Crippen LogP contribution < -0.4 is 5.32 Å². The van der Waals surface area contributed by atoms with Gasteiger partial charge in [0.15, 0.2) is 0 Å². The summed E-state index contributed by atoms with van der Waals surface area (Å²) in [5, 5.41) is 11.8. The van der Waals surface area contributed by atoms with E-state index in [9.17, 15) is 0 Å². The van der Waals surface area contributed by atoms with Crippen molar-refractivity contribution in [2.24, 2.45) is 0 Å². The molecule has 0 aliphatic heterocycles. The van der Waals surface area contributed by atoms with Gasteiger partial charge in [0, 0.05) is 11.4 Å². The zero-order valence-electron chi connectivity index (χ0n) is 7.71. The number of allylic oxidation sites excluding steroid dienone is 1. The van der Waals surface area contributed by atoms with Crippen LogP contribution in [0.25, 0.3) is 0 Å². The van der Waals surface area contributed by atoms with Crippen molar-refractivity contribution >= 4 is 17.1 Å². The van der Waals surface area contributed by atoms with E-state index in [-0.39, 0.29) is 6.10 Å². The molecule has 0 aromatic rings. The predicted molar refractivity (Wildman–Crippen MR) is 56.3 cm³/mol. The van der Waals surface area contributed by atoms with E-state index in [0.29, 0.717) is 6.54 Å². The lowest BCUT2D eigenvalue weighted by Crippen LogP contribution is -2.19. The molecule has 3 heteroatoms. The summed E-state index contributed by atoms with van der Waals surface area (Å²) in [6, 6.07) is 0. The zero-order valence-corrected chi connectivity index (χ0v) is 8.53. The Morgan fingerprint density at radius 1 is 1.67 bits per heavy atom. The average molecular weight is 187 g/mol. The fourth-order valence-corrected chi connectivity index (χ4v) is 0.992. The van der Waals surface area contributed by atoms with Gasteiger partial charge >= 0.3 is 0 Å². The molecule has 2 N–H and O–H groups in total. The molecular weight excluding hydrogens is 170 g/mol. The average Bonchev–Trinajstić information content (AvgIpc) is 1.98. The smallest absolute Gasteiger partial charge is 0.0684 e. The molecule has 2 nitrogen and oxygen atoms in total. The molecule has 0 fully saturated rings. The van der Waals surface area contributed by atoms with Crippen LogP contribution in [0, 0.1) is 0 Å². The minimum absolute atomic E-state index is 0.311. The minimum atomic E-state index is -0.311. The lowest BCUT2D eigenvalue weighted by molar-refractivity contribution is 0.196. The Kier molecular flexibility index (Phi) is 7.00. The molecule has 1 unspecified atom stereocenters. The predicted octanol–water partition coefficient (Wildman–Crippen LogP) is 1.64. The number of hydrogen-bond donors (Lipinski definition) is 2. The summed E-state index contributed by atoms with van der Waals surface area (Å²) in [6.07, 6.45) is 5.41. The highest BCUT2D eigenvalue weighted by Gasteiger charge is 1.90. The van der Waals surface area contributed by atoms with Crippen LogP contribution in [-0.4, -0.2) is 22.6 Å². The third kappa shape index (κ3) is 7.69. The second-order valence-electron chi connectivity index (χ2n) is 2.81. The van der Waals surface area contributed by atoms with E-state index >= 15 is 0 Å². The summed E-state index contributed by atoms with van der Waals surface area (Å²) < 4.78 is 0. The van der Waals surface area contributed by atoms with Crippen molar-refractivity contribution in [3.05, 3.63) is 12.3 Å². The quantitative estimate of drug-likeness (QED) is 0.490. The molecule has 70 valence electrons. The summed E-state index contributed by atoms with van der Waals surface area (Å²) in [6.45, 7) is 4.42. The van der Waals surface area contributed by atoms with Gasteiger partial charge in [-0.15, -0.1) is 0 Å². The van der Waals surface area contributed by atoms with Crippen molar-refractivity contribution in [3.63, 3.8) is 0 Å². The maximum Gasteiger partial charge on any atom is 0.0684 e. The second kappa shape index (κ2) is 7.25. The highest BCUT2D eigenvalue weighted by Crippen LogP contribution is 1.92. The first kappa shape index (κ1) is 11.6. The molecule has 0 heterocycles. The van der Waals surface area contributed by atoms with Gasteiger partial charge in [-0.2, -0.15) is 0 Å². The Morgan fingerprint density at radius 3 is 2.83 bits per heavy atom. The van der Waals surface area contributed by atoms with Gasteiger partial charge in [0.05, 0.1) is 6.10 Å². The van der Waals surface area contributed by atoms with Crippen molar-refractivity contribution < 1.29 is 5.11 Å². The Bertz CT molecular complexity index is 155. The third-order valence-corrected chi connectivity index (χ3v) is 1.64. The van der Waals surface area contributed by atoms with Crippen molar-refractivity contribution in [3.8, 4) is 0 Å². The normalized spacial score (nSPS) is 13.2. The maximum atomic E-state index is 8.89. The summed E-state index contributed by atoms with van der Waals surface area (Å²) >= 11 is 5.04. The number of aliphatic hydroxyl groups excluding tert-OH is 1. The van der Waals surface area contributed by atoms with Crippen LogP contribution in [0.5, 0.6) is 0 Å². The Hall–Kier alpha value is -0.410. The van der Waals surface area contributed by atoms with Crippen LogP contribution in [0.15, 0.2) is 12.3 Å². The first-order valence-electron chi connectivity index (χ1n) is 4.27. The van der Waals surface area contributed by atoms with E-state index < -0.39 is 0 Å². The third-order valence-electron chi connectivity index (χ3n) is 1.30. The van der Waals surface area contributed by atoms with Gasteiger partial charge in [-0.1, -0.05) is 25.6 Å². The summed E-state index contributed by atoms with van der Waals surface area (Å²) in [4.78, 5) is 0.954. The standard InChI is InChI=1S/C9H17NOS/c1-3-4-9(12)5-6-10-7-8(2)11/h5-6,8,10-11H,3-4,7H2,1-2H3/b6-5-. The van der Waals surface area contributed by atoms with Crippen LogP contribution in [-0.2, 0) is 0 Å². The number of nitrogens with one attached hydrogen (secondary N) is 1. The summed E-state index contributed by atoms with van der Waals surface area (Å²) in [7, 11) is 0. The molecule has 0 spiro atoms. The van der Waals surface area contributed by atoms with E-state index in [1.807, 2.05) is 6.08 Å². The minimum Gasteiger partial charge on any atom is -0.392 e. The highest BCUT2D eigenvalue weighted by molar-refractivity contribution is 7.80. The van der Waals surface area contributed by atoms with Gasteiger partial charge in [-0.25, -0.2) is 0 Å². The second-order valence-corrected chi connectivity index (χ2v) is 3.33. The topological polar surface area (TPSA) is 32.3 Å². The number of rotatable bonds is 6. The van der Waals surface area contributed by atoms with Crippen molar-refractivity contribution in [2.45, 2.75) is 32.8 Å². The van der Waals surface area contributed by atoms with Gasteiger partial charge in [-0.05, 0) is 25.6 Å². The van der Waals surface area contributed by atoms with Crippen molar-refractivity contribution in [2.75, 3.05) is 6.54 Å². The van der Waals surface area contributed by atoms with Gasteiger partial charge in [-0.3, -0.25) is 0 Å². The van der Waals surface area contributed by atoms with Crippen LogP contribution in [0.2, 0.25) is 0 Å². The fourth-order valence-electron chi connectivity index (χ4n) is 0.720. The molecule has 0 amide bonds. The van der Waals surface area contributed by atoms with E-state index in [2.05, 4.69) is 12.2 Å². The molecular formula is C9H17NOS. The Labute approximate surface area is 79.7 Å². The Balaban J connectivity index is 3.41. The molecule has 0 aliphatic carbocycles. The molecule has 1 atom stereocenters. The first-order valence-corrected chi connectivity index (χ1v) is 4.68. The van der Waals surface area contributed by atoms with Crippen LogP contribution in [0.4, 0.5) is 0 Å². The lowest BCUT2D eigenvalue weighted by Gasteiger charge is -2.02. The monoisotopic (exact) mass is 187 g/mol. The molecule has 0 saturated heterocycles. The van der Waals surface area contributed by atoms with Gasteiger partial charge in [0.25, 0.3) is 0 Å². The van der Waals surface area contributed by atoms with Gasteiger partial charge < -0.3 is 10.4 Å². The lowest BCUT2D eigenvalue weighted by atomic mass is 10.2. The molecule has 0 aromatic heterocycles. The largest absolute Gasteiger partial charge is 0.392 e. The van der Waals surface area contributed by atoms with Gasteiger partial charge in [0.1, 0.15) is 0 Å². The first-order chi connectivity index (χ1) is 5.66. The number of thiocarbonyl (C=S) groups is 1. The van der Waals surface area contributed by atoms with Crippen molar-refractivity contribution in [1.82, 2.24) is 5.32 Å². The van der Waals surface area contributed by atoms with E-state index in [1.165, 1.54) is 0 Å². The Morgan fingerprint density at radius 2 is 2.33 bits per heavy atom. The van der Waals surface area contributed by atoms with Crippen LogP contribution >= 0.6 is 12.2 Å². The SMILES string of the molecule is CCCC(=S)/C=C\NCC(C)O. The molecule has 0 radical (unpaired) electrons. The molecule has 12 heavy (non-hydrogen) atoms. The van der Waals surface area contributed by atoms with Crippen molar-refractivity contribution in [1.29, 1.82) is 0 Å². The number of aliphatic hydroxyl groups is 1. The molecule has 0 aromatic carbocycles. The summed E-state index contributed by atoms with van der Waals surface area (Å²) in [5.41, 5.74) is 0. The van der Waals surface area contributed by atoms with E-state index in [4.69, 9.17) is 17.3 Å². The highest BCUT2D eigenvalue weighted by atomic mass is 32.1. The number of hydrogen-bond acceptors (Lipinski definition) is 3. The maximum absolute atomic E-state index is 8.89. The van der Waals surface area contributed by atoms with E-state index in [0.717, 1.165) is 17.7 Å². The van der Waals surface area contributed by atoms with Crippen LogP contribution in [0.3, 0.4) is 0 Å². The summed E-state index contributed by atoms with van der Waals surface area (Å²) in [5.74, 6) is 0. The molecule has 0 saturated carbocycles. The molecule has 0 rings (SSSR count). The molecule has 0 aliphatic rings. The fraction of sp³-hybridized carbons (Fsp3) is 0.667. The van der Waals surface area contributed by atoms with Crippen LogP contribution in [0.1, 0.15) is 26.7 Å². The van der Waals surface area contributed by atoms with E-state index in [1.54, 1.807) is 13.1 Å². The molecule has 0 bridgehead atoms. The zero-order chi connectivity index (χ0) is 9.40. The van der Waals surface area contributed by atoms with Gasteiger partial charge in [0.2, 0.25) is 0 Å².